The van der Waals surface area contributed by atoms with E-state index in [4.69, 9.17) is 10.5 Å². The summed E-state index contributed by atoms with van der Waals surface area (Å²) in [4.78, 5) is 11.0. The minimum Gasteiger partial charge on any atom is -0.469 e. The van der Waals surface area contributed by atoms with Crippen molar-refractivity contribution in [1.82, 2.24) is 0 Å². The van der Waals surface area contributed by atoms with Crippen LogP contribution in [0.15, 0.2) is 11.1 Å². The van der Waals surface area contributed by atoms with Crippen molar-refractivity contribution in [3.8, 4) is 12.1 Å². The van der Waals surface area contributed by atoms with Gasteiger partial charge in [-0.05, 0) is 5.57 Å². The summed E-state index contributed by atoms with van der Waals surface area (Å²) in [5.74, 6) is -0.582. The lowest BCUT2D eigenvalue weighted by Gasteiger charge is -2.11. The highest BCUT2D eigenvalue weighted by molar-refractivity contribution is 5.73. The minimum absolute atomic E-state index is 0.0813. The van der Waals surface area contributed by atoms with Crippen molar-refractivity contribution in [2.75, 3.05) is 14.2 Å². The second kappa shape index (κ2) is 7.41. The molecule has 6 heteroatoms. The molecule has 0 aromatic rings. The van der Waals surface area contributed by atoms with E-state index in [0.29, 0.717) is 0 Å². The van der Waals surface area contributed by atoms with E-state index in [1.165, 1.54) is 14.2 Å². The number of rotatable bonds is 5. The molecule has 1 unspecified atom stereocenters. The zero-order valence-corrected chi connectivity index (χ0v) is 9.06. The number of nitriles is 2. The maximum atomic E-state index is 11.0. The van der Waals surface area contributed by atoms with Gasteiger partial charge in [-0.15, -0.1) is 0 Å². The van der Waals surface area contributed by atoms with Crippen LogP contribution < -0.4 is 0 Å². The first kappa shape index (κ1) is 14.1. The molecule has 0 amide bonds. The maximum Gasteiger partial charge on any atom is 0.309 e. The van der Waals surface area contributed by atoms with E-state index in [1.54, 1.807) is 12.1 Å². The largest absolute Gasteiger partial charge is 0.469 e. The SMILES string of the molecule is COC(=O)CC(CC(O)OC)=C(C#N)C#N. The third-order valence-electron chi connectivity index (χ3n) is 1.86. The molecule has 0 aromatic heterocycles. The highest BCUT2D eigenvalue weighted by atomic mass is 16.6. The first-order valence-electron chi connectivity index (χ1n) is 4.38. The minimum atomic E-state index is -1.16. The Morgan fingerprint density at radius 3 is 2.31 bits per heavy atom. The number of ether oxygens (including phenoxy) is 2. The summed E-state index contributed by atoms with van der Waals surface area (Å²) in [6.45, 7) is 0. The molecule has 6 nitrogen and oxygen atoms in total. The van der Waals surface area contributed by atoms with Crippen LogP contribution >= 0.6 is 0 Å². The lowest BCUT2D eigenvalue weighted by Crippen LogP contribution is -2.13. The lowest BCUT2D eigenvalue weighted by atomic mass is 10.0. The molecule has 0 radical (unpaired) electrons. The molecular formula is C10H12N2O4. The molecule has 0 aliphatic rings. The quantitative estimate of drug-likeness (QED) is 0.408. The van der Waals surface area contributed by atoms with Gasteiger partial charge in [-0.25, -0.2) is 0 Å². The van der Waals surface area contributed by atoms with Crippen molar-refractivity contribution in [2.24, 2.45) is 0 Å². The molecule has 0 aromatic carbocycles. The van der Waals surface area contributed by atoms with Crippen LogP contribution in [0.3, 0.4) is 0 Å². The number of carbonyl (C=O) groups is 1. The Balaban J connectivity index is 4.93. The van der Waals surface area contributed by atoms with Gasteiger partial charge in [0.1, 0.15) is 17.7 Å². The Hall–Kier alpha value is -1.89. The molecule has 0 saturated carbocycles. The van der Waals surface area contributed by atoms with Gasteiger partial charge in [0.15, 0.2) is 6.29 Å². The highest BCUT2D eigenvalue weighted by Gasteiger charge is 2.15. The molecule has 86 valence electrons. The first-order chi connectivity index (χ1) is 7.58. The van der Waals surface area contributed by atoms with Crippen LogP contribution in [-0.4, -0.2) is 31.6 Å². The number of hydrogen-bond donors (Lipinski definition) is 1. The average Bonchev–Trinajstić information content (AvgIpc) is 2.29. The van der Waals surface area contributed by atoms with Crippen molar-refractivity contribution >= 4 is 5.97 Å². The number of methoxy groups -OCH3 is 2. The lowest BCUT2D eigenvalue weighted by molar-refractivity contribution is -0.140. The van der Waals surface area contributed by atoms with E-state index in [-0.39, 0.29) is 24.0 Å². The molecule has 0 heterocycles. The summed E-state index contributed by atoms with van der Waals surface area (Å²) < 4.78 is 9.01. The molecule has 0 aliphatic carbocycles. The highest BCUT2D eigenvalue weighted by Crippen LogP contribution is 2.16. The molecule has 0 fully saturated rings. The Labute approximate surface area is 93.3 Å². The number of allylic oxidation sites excluding steroid dienone is 1. The Morgan fingerprint density at radius 2 is 1.94 bits per heavy atom. The number of aliphatic hydroxyl groups is 1. The summed E-state index contributed by atoms with van der Waals surface area (Å²) in [5, 5.41) is 26.6. The molecule has 1 atom stereocenters. The first-order valence-corrected chi connectivity index (χ1v) is 4.38. The standard InChI is InChI=1S/C10H12N2O4/c1-15-9(13)3-7(4-10(14)16-2)8(5-11)6-12/h9,13H,3-4H2,1-2H3. The molecule has 0 bridgehead atoms. The molecular weight excluding hydrogens is 212 g/mol. The number of hydrogen-bond acceptors (Lipinski definition) is 6. The average molecular weight is 224 g/mol. The predicted molar refractivity (Wildman–Crippen MR) is 52.5 cm³/mol. The number of carbonyl (C=O) groups excluding carboxylic acids is 1. The van der Waals surface area contributed by atoms with Crippen molar-refractivity contribution in [2.45, 2.75) is 19.1 Å². The van der Waals surface area contributed by atoms with Gasteiger partial charge in [-0.3, -0.25) is 4.79 Å². The Morgan fingerprint density at radius 1 is 1.38 bits per heavy atom. The van der Waals surface area contributed by atoms with Crippen molar-refractivity contribution < 1.29 is 19.4 Å². The zero-order chi connectivity index (χ0) is 12.6. The fraction of sp³-hybridized carbons (Fsp3) is 0.500. The number of nitrogens with zero attached hydrogens (tertiary/aromatic N) is 2. The normalized spacial score (nSPS) is 10.8. The van der Waals surface area contributed by atoms with Gasteiger partial charge in [0.05, 0.1) is 13.5 Å². The summed E-state index contributed by atoms with van der Waals surface area (Å²) in [6, 6.07) is 3.31. The Kier molecular flexibility index (Phi) is 6.53. The number of esters is 1. The van der Waals surface area contributed by atoms with Gasteiger partial charge in [0.2, 0.25) is 0 Å². The number of aliphatic hydroxyl groups excluding tert-OH is 1. The van der Waals surface area contributed by atoms with Crippen LogP contribution in [0, 0.1) is 22.7 Å². The van der Waals surface area contributed by atoms with Crippen molar-refractivity contribution in [1.29, 1.82) is 10.5 Å². The molecule has 0 rings (SSSR count). The van der Waals surface area contributed by atoms with Crippen LogP contribution in [-0.2, 0) is 14.3 Å². The van der Waals surface area contributed by atoms with Gasteiger partial charge in [0, 0.05) is 13.5 Å². The molecule has 1 N–H and O–H groups in total. The van der Waals surface area contributed by atoms with E-state index in [9.17, 15) is 9.90 Å². The molecule has 0 spiro atoms. The van der Waals surface area contributed by atoms with Crippen LogP contribution in [0.25, 0.3) is 0 Å². The summed E-state index contributed by atoms with van der Waals surface area (Å²) in [6.07, 6.45) is -1.45. The molecule has 16 heavy (non-hydrogen) atoms. The molecule has 0 aliphatic heterocycles. The summed E-state index contributed by atoms with van der Waals surface area (Å²) >= 11 is 0. The van der Waals surface area contributed by atoms with Crippen molar-refractivity contribution in [3.63, 3.8) is 0 Å². The third kappa shape index (κ3) is 4.56. The van der Waals surface area contributed by atoms with Crippen molar-refractivity contribution in [3.05, 3.63) is 11.1 Å². The van der Waals surface area contributed by atoms with E-state index in [0.717, 1.165) is 0 Å². The van der Waals surface area contributed by atoms with E-state index in [1.807, 2.05) is 0 Å². The second-order valence-electron chi connectivity index (χ2n) is 2.85. The third-order valence-corrected chi connectivity index (χ3v) is 1.86. The van der Waals surface area contributed by atoms with E-state index < -0.39 is 12.3 Å². The van der Waals surface area contributed by atoms with Crippen LogP contribution in [0.5, 0.6) is 0 Å². The Bertz CT molecular complexity index is 346. The van der Waals surface area contributed by atoms with Gasteiger partial charge >= 0.3 is 5.97 Å². The fourth-order valence-electron chi connectivity index (χ4n) is 0.986. The predicted octanol–water partition coefficient (Wildman–Crippen LogP) is 0.248. The van der Waals surface area contributed by atoms with Gasteiger partial charge in [-0.1, -0.05) is 0 Å². The molecule has 0 saturated heterocycles. The fourth-order valence-corrected chi connectivity index (χ4v) is 0.986. The van der Waals surface area contributed by atoms with E-state index in [2.05, 4.69) is 9.47 Å². The summed E-state index contributed by atoms with van der Waals surface area (Å²) in [7, 11) is 2.48. The smallest absolute Gasteiger partial charge is 0.309 e. The van der Waals surface area contributed by atoms with Gasteiger partial charge in [0.25, 0.3) is 0 Å². The second-order valence-corrected chi connectivity index (χ2v) is 2.85. The van der Waals surface area contributed by atoms with E-state index >= 15 is 0 Å². The van der Waals surface area contributed by atoms with Crippen LogP contribution in [0.4, 0.5) is 0 Å². The van der Waals surface area contributed by atoms with Gasteiger partial charge < -0.3 is 14.6 Å². The topological polar surface area (TPSA) is 103 Å². The van der Waals surface area contributed by atoms with Gasteiger partial charge in [-0.2, -0.15) is 10.5 Å². The maximum absolute atomic E-state index is 11.0. The van der Waals surface area contributed by atoms with Crippen LogP contribution in [0.2, 0.25) is 0 Å². The monoisotopic (exact) mass is 224 g/mol. The summed E-state index contributed by atoms with van der Waals surface area (Å²) in [5.41, 5.74) is -0.00676. The zero-order valence-electron chi connectivity index (χ0n) is 9.06. The van der Waals surface area contributed by atoms with Crippen LogP contribution in [0.1, 0.15) is 12.8 Å².